The Morgan fingerprint density at radius 2 is 2.00 bits per heavy atom. The number of nitrogens with one attached hydrogen (secondary N) is 1. The predicted octanol–water partition coefficient (Wildman–Crippen LogP) is 3.18. The lowest BCUT2D eigenvalue weighted by atomic mass is 10.1. The summed E-state index contributed by atoms with van der Waals surface area (Å²) in [7, 11) is 3.22. The van der Waals surface area contributed by atoms with E-state index >= 15 is 0 Å². The van der Waals surface area contributed by atoms with Crippen LogP contribution in [0, 0.1) is 0 Å². The van der Waals surface area contributed by atoms with Crippen molar-refractivity contribution in [2.45, 2.75) is 6.92 Å². The molecule has 3 aromatic rings. The second kappa shape index (κ2) is 6.68. The third-order valence-corrected chi connectivity index (χ3v) is 3.94. The lowest BCUT2D eigenvalue weighted by Crippen LogP contribution is -2.09. The van der Waals surface area contributed by atoms with Crippen molar-refractivity contribution in [2.75, 3.05) is 12.4 Å². The molecule has 0 saturated carbocycles. The Bertz CT molecular complexity index is 1030. The van der Waals surface area contributed by atoms with Crippen molar-refractivity contribution in [1.82, 2.24) is 4.57 Å². The number of carbonyl (C=O) groups is 1. The van der Waals surface area contributed by atoms with E-state index in [4.69, 9.17) is 9.15 Å². The third kappa shape index (κ3) is 3.33. The highest BCUT2D eigenvalue weighted by Gasteiger charge is 2.09. The quantitative estimate of drug-likeness (QED) is 0.742. The highest BCUT2D eigenvalue weighted by atomic mass is 16.5. The summed E-state index contributed by atoms with van der Waals surface area (Å²) >= 11 is 0. The summed E-state index contributed by atoms with van der Waals surface area (Å²) in [5.74, 6) is -0.0112. The number of allylic oxidation sites excluding steroid dienone is 1. The summed E-state index contributed by atoms with van der Waals surface area (Å²) < 4.78 is 11.8. The maximum atomic E-state index is 12.3. The first-order valence-electron chi connectivity index (χ1n) is 7.72. The number of para-hydroxylation sites is 1. The summed E-state index contributed by atoms with van der Waals surface area (Å²) in [5, 5.41) is 2.77. The summed E-state index contributed by atoms with van der Waals surface area (Å²) in [5.41, 5.74) is 3.28. The topological polar surface area (TPSA) is 73.5 Å². The lowest BCUT2D eigenvalue weighted by Gasteiger charge is -2.08. The van der Waals surface area contributed by atoms with Crippen molar-refractivity contribution >= 4 is 28.3 Å². The smallest absolute Gasteiger partial charge is 0.419 e. The first-order chi connectivity index (χ1) is 12.0. The Kier molecular flexibility index (Phi) is 4.43. The Hall–Kier alpha value is -3.28. The molecule has 0 aliphatic rings. The van der Waals surface area contributed by atoms with E-state index in [-0.39, 0.29) is 5.91 Å². The molecule has 0 saturated heterocycles. The van der Waals surface area contributed by atoms with Crippen LogP contribution >= 0.6 is 0 Å². The van der Waals surface area contributed by atoms with Gasteiger partial charge in [0.25, 0.3) is 0 Å². The van der Waals surface area contributed by atoms with E-state index in [1.165, 1.54) is 10.6 Å². The maximum Gasteiger partial charge on any atom is 0.419 e. The molecule has 0 spiro atoms. The number of anilines is 1. The van der Waals surface area contributed by atoms with Gasteiger partial charge in [0.1, 0.15) is 5.75 Å². The van der Waals surface area contributed by atoms with Crippen LogP contribution in [0.5, 0.6) is 5.75 Å². The number of amides is 1. The molecule has 0 unspecified atom stereocenters. The van der Waals surface area contributed by atoms with E-state index in [0.717, 1.165) is 11.1 Å². The molecule has 0 bridgehead atoms. The van der Waals surface area contributed by atoms with Crippen molar-refractivity contribution in [3.63, 3.8) is 0 Å². The fraction of sp³-hybridized carbons (Fsp3) is 0.158. The average Bonchev–Trinajstić information content (AvgIpc) is 2.88. The molecule has 1 amide bonds. The number of nitrogens with zero attached hydrogens (tertiary/aromatic N) is 1. The second-order valence-electron chi connectivity index (χ2n) is 5.63. The van der Waals surface area contributed by atoms with E-state index in [0.29, 0.717) is 22.5 Å². The maximum absolute atomic E-state index is 12.3. The minimum Gasteiger partial charge on any atom is -0.496 e. The molecule has 6 nitrogen and oxygen atoms in total. The first-order valence-corrected chi connectivity index (χ1v) is 7.72. The van der Waals surface area contributed by atoms with Crippen molar-refractivity contribution in [1.29, 1.82) is 0 Å². The van der Waals surface area contributed by atoms with Gasteiger partial charge in [0, 0.05) is 30.4 Å². The molecule has 0 aliphatic carbocycles. The molecule has 0 aliphatic heterocycles. The molecule has 0 fully saturated rings. The molecule has 2 aromatic carbocycles. The van der Waals surface area contributed by atoms with Gasteiger partial charge in [-0.1, -0.05) is 18.2 Å². The fourth-order valence-electron chi connectivity index (χ4n) is 2.63. The number of ether oxygens (including phenoxy) is 1. The van der Waals surface area contributed by atoms with Gasteiger partial charge in [-0.3, -0.25) is 9.36 Å². The third-order valence-electron chi connectivity index (χ3n) is 3.94. The molecule has 1 N–H and O–H groups in total. The van der Waals surface area contributed by atoms with Gasteiger partial charge in [-0.2, -0.15) is 0 Å². The molecule has 1 heterocycles. The zero-order valence-electron chi connectivity index (χ0n) is 14.2. The summed E-state index contributed by atoms with van der Waals surface area (Å²) in [4.78, 5) is 23.8. The van der Waals surface area contributed by atoms with Gasteiger partial charge in [-0.15, -0.1) is 0 Å². The van der Waals surface area contributed by atoms with Crippen molar-refractivity contribution in [3.05, 3.63) is 64.7 Å². The van der Waals surface area contributed by atoms with Crippen LogP contribution < -0.4 is 15.8 Å². The number of benzene rings is 2. The number of rotatable bonds is 4. The van der Waals surface area contributed by atoms with Gasteiger partial charge in [-0.25, -0.2) is 4.79 Å². The number of carbonyl (C=O) groups excluding carboxylic acids is 1. The molecule has 1 aromatic heterocycles. The van der Waals surface area contributed by atoms with Crippen LogP contribution in [0.2, 0.25) is 0 Å². The van der Waals surface area contributed by atoms with Crippen molar-refractivity contribution < 1.29 is 13.9 Å². The molecule has 0 atom stereocenters. The summed E-state index contributed by atoms with van der Waals surface area (Å²) in [6.07, 6.45) is 1.50. The van der Waals surface area contributed by atoms with Crippen LogP contribution in [0.25, 0.3) is 16.7 Å². The fourth-order valence-corrected chi connectivity index (χ4v) is 2.63. The van der Waals surface area contributed by atoms with E-state index in [1.807, 2.05) is 31.2 Å². The number of fused-ring (bicyclic) bond motifs is 1. The SMILES string of the molecule is COc1ccccc1C(C)=CC(=O)Nc1ccc2c(c1)oc(=O)n2C. The van der Waals surface area contributed by atoms with Crippen molar-refractivity contribution in [3.8, 4) is 5.75 Å². The van der Waals surface area contributed by atoms with Gasteiger partial charge in [0.15, 0.2) is 5.58 Å². The number of aromatic nitrogens is 1. The Balaban J connectivity index is 1.83. The van der Waals surface area contributed by atoms with E-state index < -0.39 is 5.76 Å². The molecule has 3 rings (SSSR count). The number of aryl methyl sites for hydroxylation is 1. The average molecular weight is 338 g/mol. The van der Waals surface area contributed by atoms with Crippen LogP contribution in [0.3, 0.4) is 0 Å². The summed E-state index contributed by atoms with van der Waals surface area (Å²) in [6.45, 7) is 1.84. The van der Waals surface area contributed by atoms with Crippen LogP contribution in [-0.2, 0) is 11.8 Å². The molecular weight excluding hydrogens is 320 g/mol. The highest BCUT2D eigenvalue weighted by molar-refractivity contribution is 6.04. The zero-order chi connectivity index (χ0) is 18.0. The van der Waals surface area contributed by atoms with Crippen molar-refractivity contribution in [2.24, 2.45) is 7.05 Å². The number of hydrogen-bond acceptors (Lipinski definition) is 4. The van der Waals surface area contributed by atoms with E-state index in [2.05, 4.69) is 5.32 Å². The van der Waals surface area contributed by atoms with Gasteiger partial charge < -0.3 is 14.5 Å². The van der Waals surface area contributed by atoms with Gasteiger partial charge in [0.2, 0.25) is 5.91 Å². The molecule has 0 radical (unpaired) electrons. The molecule has 25 heavy (non-hydrogen) atoms. The van der Waals surface area contributed by atoms with Gasteiger partial charge in [-0.05, 0) is 30.7 Å². The number of methoxy groups -OCH3 is 1. The van der Waals surface area contributed by atoms with Gasteiger partial charge in [0.05, 0.1) is 12.6 Å². The van der Waals surface area contributed by atoms with Crippen LogP contribution in [-0.4, -0.2) is 17.6 Å². The summed E-state index contributed by atoms with van der Waals surface area (Å²) in [6, 6.07) is 12.6. The van der Waals surface area contributed by atoms with E-state index in [1.54, 1.807) is 32.4 Å². The monoisotopic (exact) mass is 338 g/mol. The van der Waals surface area contributed by atoms with E-state index in [9.17, 15) is 9.59 Å². The van der Waals surface area contributed by atoms with Crippen LogP contribution in [0.15, 0.2) is 57.8 Å². The normalized spacial score (nSPS) is 11.6. The predicted molar refractivity (Wildman–Crippen MR) is 96.7 cm³/mol. The minimum absolute atomic E-state index is 0.277. The Morgan fingerprint density at radius 1 is 1.24 bits per heavy atom. The number of hydrogen-bond donors (Lipinski definition) is 1. The van der Waals surface area contributed by atoms with Crippen LogP contribution in [0.1, 0.15) is 12.5 Å². The Labute approximate surface area is 144 Å². The molecule has 6 heteroatoms. The van der Waals surface area contributed by atoms with Gasteiger partial charge >= 0.3 is 5.76 Å². The highest BCUT2D eigenvalue weighted by Crippen LogP contribution is 2.25. The lowest BCUT2D eigenvalue weighted by molar-refractivity contribution is -0.111. The molecule has 128 valence electrons. The standard InChI is InChI=1S/C19H18N2O4/c1-12(14-6-4-5-7-16(14)24-3)10-18(22)20-13-8-9-15-17(11-13)25-19(23)21(15)2/h4-11H,1-3H3,(H,20,22). The Morgan fingerprint density at radius 3 is 2.76 bits per heavy atom. The second-order valence-corrected chi connectivity index (χ2v) is 5.63. The zero-order valence-corrected chi connectivity index (χ0v) is 14.2. The first kappa shape index (κ1) is 16.6. The largest absolute Gasteiger partial charge is 0.496 e. The number of oxazole rings is 1. The van der Waals surface area contributed by atoms with Crippen LogP contribution in [0.4, 0.5) is 5.69 Å². The minimum atomic E-state index is -0.439. The molecular formula is C19H18N2O4.